The van der Waals surface area contributed by atoms with Gasteiger partial charge in [0.1, 0.15) is 12.9 Å². The fourth-order valence-corrected chi connectivity index (χ4v) is 2.57. The summed E-state index contributed by atoms with van der Waals surface area (Å²) in [4.78, 5) is 16.3. The Kier molecular flexibility index (Phi) is 3.66. The van der Waals surface area contributed by atoms with Gasteiger partial charge in [-0.25, -0.2) is 19.9 Å². The lowest BCUT2D eigenvalue weighted by Gasteiger charge is -2.26. The summed E-state index contributed by atoms with van der Waals surface area (Å²) in [6, 6.07) is 14.7. The number of amides is 2. The van der Waals surface area contributed by atoms with E-state index >= 15 is 0 Å². The van der Waals surface area contributed by atoms with Crippen LogP contribution in [0.4, 0.5) is 4.79 Å². The number of carbonyl (C=O) groups is 1. The quantitative estimate of drug-likeness (QED) is 0.774. The fraction of sp³-hybridized carbons (Fsp3) is 0.176. The first-order valence-corrected chi connectivity index (χ1v) is 7.65. The van der Waals surface area contributed by atoms with E-state index < -0.39 is 0 Å². The maximum atomic E-state index is 12.1. The highest BCUT2D eigenvalue weighted by Gasteiger charge is 2.21. The van der Waals surface area contributed by atoms with Gasteiger partial charge in [0.2, 0.25) is 0 Å². The summed E-state index contributed by atoms with van der Waals surface area (Å²) in [5.41, 5.74) is 4.38. The van der Waals surface area contributed by atoms with Crippen LogP contribution in [-0.4, -0.2) is 34.9 Å². The highest BCUT2D eigenvalue weighted by atomic mass is 16.6. The van der Waals surface area contributed by atoms with Crippen LogP contribution in [0.1, 0.15) is 0 Å². The van der Waals surface area contributed by atoms with Crippen LogP contribution in [0.5, 0.6) is 11.5 Å². The van der Waals surface area contributed by atoms with Gasteiger partial charge in [-0.1, -0.05) is 24.3 Å². The van der Waals surface area contributed by atoms with Crippen LogP contribution in [0.25, 0.3) is 11.0 Å². The molecule has 1 aromatic heterocycles. The maximum Gasteiger partial charge on any atom is 0.334 e. The zero-order chi connectivity index (χ0) is 16.4. The van der Waals surface area contributed by atoms with Gasteiger partial charge in [-0.15, -0.1) is 0 Å². The largest absolute Gasteiger partial charge is 0.486 e. The highest BCUT2D eigenvalue weighted by molar-refractivity contribution is 5.85. The molecule has 1 atom stereocenters. The predicted molar refractivity (Wildman–Crippen MR) is 88.8 cm³/mol. The van der Waals surface area contributed by atoms with Gasteiger partial charge in [0.05, 0.1) is 17.6 Å². The number of nitrogens with one attached hydrogen (secondary N) is 2. The molecule has 1 aliphatic heterocycles. The number of urea groups is 1. The second kappa shape index (κ2) is 6.11. The first-order valence-electron chi connectivity index (χ1n) is 7.65. The standard InChI is InChI=1S/C17H16N4O3/c22-17(20-21-11-19-13-5-1-2-6-14(13)21)18-9-12-10-23-15-7-3-4-8-16(15)24-12/h1-8,11-12H,9-10H2,(H2,18,20,22)/t12-/m0/s1. The van der Waals surface area contributed by atoms with E-state index in [1.807, 2.05) is 48.5 Å². The van der Waals surface area contributed by atoms with Crippen molar-refractivity contribution in [1.82, 2.24) is 15.0 Å². The van der Waals surface area contributed by atoms with Gasteiger partial charge in [-0.05, 0) is 24.3 Å². The molecule has 0 saturated heterocycles. The van der Waals surface area contributed by atoms with Crippen LogP contribution in [-0.2, 0) is 0 Å². The van der Waals surface area contributed by atoms with E-state index in [1.165, 1.54) is 0 Å². The monoisotopic (exact) mass is 324 g/mol. The lowest BCUT2D eigenvalue weighted by Crippen LogP contribution is -2.43. The average Bonchev–Trinajstić information content (AvgIpc) is 3.03. The van der Waals surface area contributed by atoms with Gasteiger partial charge in [-0.3, -0.25) is 0 Å². The number of rotatable bonds is 3. The van der Waals surface area contributed by atoms with E-state index in [0.717, 1.165) is 16.8 Å². The third-order valence-corrected chi connectivity index (χ3v) is 3.73. The second-order valence-corrected chi connectivity index (χ2v) is 5.42. The summed E-state index contributed by atoms with van der Waals surface area (Å²) in [7, 11) is 0. The number of nitrogens with zero attached hydrogens (tertiary/aromatic N) is 2. The Morgan fingerprint density at radius 3 is 2.88 bits per heavy atom. The third-order valence-electron chi connectivity index (χ3n) is 3.73. The molecule has 7 nitrogen and oxygen atoms in total. The lowest BCUT2D eigenvalue weighted by atomic mass is 10.2. The van der Waals surface area contributed by atoms with Gasteiger partial charge in [0, 0.05) is 0 Å². The van der Waals surface area contributed by atoms with Gasteiger partial charge < -0.3 is 14.8 Å². The van der Waals surface area contributed by atoms with Crippen LogP contribution in [0, 0.1) is 0 Å². The van der Waals surface area contributed by atoms with E-state index in [-0.39, 0.29) is 12.1 Å². The highest BCUT2D eigenvalue weighted by Crippen LogP contribution is 2.30. The molecular weight excluding hydrogens is 308 g/mol. The minimum atomic E-state index is -0.333. The van der Waals surface area contributed by atoms with Crippen LogP contribution < -0.4 is 20.2 Å². The van der Waals surface area contributed by atoms with Crippen LogP contribution >= 0.6 is 0 Å². The molecule has 2 amide bonds. The number of fused-ring (bicyclic) bond motifs is 2. The van der Waals surface area contributed by atoms with Crippen LogP contribution in [0.2, 0.25) is 0 Å². The summed E-state index contributed by atoms with van der Waals surface area (Å²) in [6.45, 7) is 0.734. The normalized spacial score (nSPS) is 15.9. The second-order valence-electron chi connectivity index (χ2n) is 5.42. The molecule has 0 radical (unpaired) electrons. The Balaban J connectivity index is 1.34. The van der Waals surface area contributed by atoms with Crippen molar-refractivity contribution in [2.24, 2.45) is 0 Å². The first-order chi connectivity index (χ1) is 11.8. The molecule has 4 rings (SSSR count). The van der Waals surface area contributed by atoms with Crippen molar-refractivity contribution in [3.8, 4) is 11.5 Å². The van der Waals surface area contributed by atoms with Crippen molar-refractivity contribution < 1.29 is 14.3 Å². The topological polar surface area (TPSA) is 77.4 Å². The smallest absolute Gasteiger partial charge is 0.334 e. The Morgan fingerprint density at radius 1 is 1.17 bits per heavy atom. The number of benzene rings is 2. The lowest BCUT2D eigenvalue weighted by molar-refractivity contribution is 0.0922. The maximum absolute atomic E-state index is 12.1. The van der Waals surface area contributed by atoms with Crippen molar-refractivity contribution in [2.75, 3.05) is 18.6 Å². The molecule has 0 aliphatic carbocycles. The average molecular weight is 324 g/mol. The Bertz CT molecular complexity index is 877. The fourth-order valence-electron chi connectivity index (χ4n) is 2.57. The van der Waals surface area contributed by atoms with E-state index in [1.54, 1.807) is 11.0 Å². The summed E-state index contributed by atoms with van der Waals surface area (Å²) in [6.07, 6.45) is 1.34. The van der Waals surface area contributed by atoms with E-state index in [9.17, 15) is 4.79 Å². The van der Waals surface area contributed by atoms with Crippen LogP contribution in [0.3, 0.4) is 0 Å². The van der Waals surface area contributed by atoms with E-state index in [0.29, 0.717) is 18.9 Å². The zero-order valence-electron chi connectivity index (χ0n) is 12.8. The summed E-state index contributed by atoms with van der Waals surface area (Å²) >= 11 is 0. The number of hydrogen-bond donors (Lipinski definition) is 2. The molecule has 122 valence electrons. The number of hydrogen-bond acceptors (Lipinski definition) is 4. The number of imidazole rings is 1. The molecule has 0 bridgehead atoms. The zero-order valence-corrected chi connectivity index (χ0v) is 12.8. The van der Waals surface area contributed by atoms with Crippen molar-refractivity contribution in [3.05, 3.63) is 54.9 Å². The molecule has 3 aromatic rings. The molecule has 24 heavy (non-hydrogen) atoms. The Labute approximate surface area is 138 Å². The van der Waals surface area contributed by atoms with E-state index in [4.69, 9.17) is 9.47 Å². The molecule has 0 fully saturated rings. The number of para-hydroxylation sites is 4. The summed E-state index contributed by atoms with van der Waals surface area (Å²) < 4.78 is 13.0. The number of carbonyl (C=O) groups excluding carboxylic acids is 1. The van der Waals surface area contributed by atoms with E-state index in [2.05, 4.69) is 15.7 Å². The minimum Gasteiger partial charge on any atom is -0.486 e. The molecule has 0 spiro atoms. The summed E-state index contributed by atoms with van der Waals surface area (Å²) in [5.74, 6) is 1.42. The van der Waals surface area contributed by atoms with Crippen molar-refractivity contribution >= 4 is 17.1 Å². The van der Waals surface area contributed by atoms with Gasteiger partial charge in [-0.2, -0.15) is 0 Å². The molecule has 2 aromatic carbocycles. The number of aromatic nitrogens is 2. The van der Waals surface area contributed by atoms with Gasteiger partial charge >= 0.3 is 6.03 Å². The first kappa shape index (κ1) is 14.4. The minimum absolute atomic E-state index is 0.231. The third kappa shape index (κ3) is 2.83. The molecule has 1 aliphatic rings. The molecule has 7 heteroatoms. The van der Waals surface area contributed by atoms with Crippen molar-refractivity contribution in [3.63, 3.8) is 0 Å². The van der Waals surface area contributed by atoms with Gasteiger partial charge in [0.15, 0.2) is 17.6 Å². The van der Waals surface area contributed by atoms with Gasteiger partial charge in [0.25, 0.3) is 0 Å². The molecule has 0 saturated carbocycles. The Hall–Kier alpha value is -3.22. The molecule has 0 unspecified atom stereocenters. The molecule has 2 heterocycles. The summed E-state index contributed by atoms with van der Waals surface area (Å²) in [5, 5.41) is 2.78. The van der Waals surface area contributed by atoms with Crippen molar-refractivity contribution in [2.45, 2.75) is 6.10 Å². The number of ether oxygens (including phenoxy) is 2. The SMILES string of the molecule is O=C(NC[C@H]1COc2ccccc2O1)Nn1cnc2ccccc21. The van der Waals surface area contributed by atoms with Crippen molar-refractivity contribution in [1.29, 1.82) is 0 Å². The molecule has 2 N–H and O–H groups in total. The van der Waals surface area contributed by atoms with Crippen LogP contribution in [0.15, 0.2) is 54.9 Å². The predicted octanol–water partition coefficient (Wildman–Crippen LogP) is 2.13. The molecular formula is C17H16N4O3. The Morgan fingerprint density at radius 2 is 1.96 bits per heavy atom.